The molecule has 2 aromatic carbocycles. The number of aliphatic hydroxyl groups is 1. The quantitative estimate of drug-likeness (QED) is 0.758. The molecule has 6 nitrogen and oxygen atoms in total. The highest BCUT2D eigenvalue weighted by Gasteiger charge is 2.53. The smallest absolute Gasteiger partial charge is 0.253 e. The second kappa shape index (κ2) is 9.76. The van der Waals surface area contributed by atoms with E-state index in [4.69, 9.17) is 0 Å². The van der Waals surface area contributed by atoms with Crippen molar-refractivity contribution in [3.63, 3.8) is 0 Å². The highest BCUT2D eigenvalue weighted by molar-refractivity contribution is 5.94. The number of amides is 2. The number of hydrogen-bond acceptors (Lipinski definition) is 4. The maximum absolute atomic E-state index is 13.2. The van der Waals surface area contributed by atoms with Gasteiger partial charge in [-0.05, 0) is 41.7 Å². The Morgan fingerprint density at radius 2 is 1.73 bits per heavy atom. The molecule has 0 radical (unpaired) electrons. The Morgan fingerprint density at radius 3 is 2.33 bits per heavy atom. The van der Waals surface area contributed by atoms with Gasteiger partial charge in [0.2, 0.25) is 5.91 Å². The minimum Gasteiger partial charge on any atom is -0.394 e. The third-order valence-electron chi connectivity index (χ3n) is 7.11. The molecular weight excluding hydrogens is 414 g/mol. The van der Waals surface area contributed by atoms with Crippen LogP contribution in [0.15, 0.2) is 48.5 Å². The van der Waals surface area contributed by atoms with Gasteiger partial charge in [0.15, 0.2) is 0 Å². The number of nitrogens with zero attached hydrogens (tertiary/aromatic N) is 3. The van der Waals surface area contributed by atoms with Crippen molar-refractivity contribution < 1.29 is 14.7 Å². The Balaban J connectivity index is 1.64. The van der Waals surface area contributed by atoms with Crippen LogP contribution >= 0.6 is 0 Å². The van der Waals surface area contributed by atoms with Crippen molar-refractivity contribution in [1.82, 2.24) is 9.80 Å². The summed E-state index contributed by atoms with van der Waals surface area (Å²) in [6.07, 6.45) is 4.98. The minimum absolute atomic E-state index is 0.0144. The van der Waals surface area contributed by atoms with Crippen molar-refractivity contribution in [2.45, 2.75) is 50.1 Å². The molecule has 0 bridgehead atoms. The van der Waals surface area contributed by atoms with Crippen molar-refractivity contribution in [3.8, 4) is 17.2 Å². The van der Waals surface area contributed by atoms with Crippen LogP contribution in [0.1, 0.15) is 53.9 Å². The Morgan fingerprint density at radius 1 is 1.06 bits per heavy atom. The van der Waals surface area contributed by atoms with Crippen molar-refractivity contribution >= 4 is 11.8 Å². The standard InChI is InChI=1S/C27H31N3O3/c1-29(2)26(32)20-14-12-18(13-15-20)21-10-6-7-11-22(21)25-23(16-28)30(24(25)17-31)27(33)19-8-4-3-5-9-19/h6-7,10-15,19,23-25,31H,3-5,8-9,17H2,1-2H3/t23-,24+,25-/m0/s1. The van der Waals surface area contributed by atoms with Crippen molar-refractivity contribution in [2.24, 2.45) is 5.92 Å². The molecule has 2 amide bonds. The lowest BCUT2D eigenvalue weighted by atomic mass is 9.72. The summed E-state index contributed by atoms with van der Waals surface area (Å²) in [6.45, 7) is -0.175. The van der Waals surface area contributed by atoms with Crippen LogP contribution in [0.4, 0.5) is 0 Å². The molecule has 0 unspecified atom stereocenters. The third-order valence-corrected chi connectivity index (χ3v) is 7.11. The molecule has 6 heteroatoms. The van der Waals surface area contributed by atoms with E-state index in [2.05, 4.69) is 6.07 Å². The van der Waals surface area contributed by atoms with E-state index in [1.807, 2.05) is 36.4 Å². The molecule has 33 heavy (non-hydrogen) atoms. The number of rotatable bonds is 5. The van der Waals surface area contributed by atoms with Crippen molar-refractivity contribution in [2.75, 3.05) is 20.7 Å². The number of aliphatic hydroxyl groups excluding tert-OH is 1. The zero-order valence-electron chi connectivity index (χ0n) is 19.3. The molecule has 0 spiro atoms. The maximum atomic E-state index is 13.2. The van der Waals surface area contributed by atoms with Crippen LogP contribution in [0.2, 0.25) is 0 Å². The summed E-state index contributed by atoms with van der Waals surface area (Å²) in [4.78, 5) is 28.7. The van der Waals surface area contributed by atoms with Gasteiger partial charge in [-0.2, -0.15) is 5.26 Å². The van der Waals surface area contributed by atoms with Gasteiger partial charge in [0, 0.05) is 31.5 Å². The summed E-state index contributed by atoms with van der Waals surface area (Å²) in [6, 6.07) is 16.6. The lowest BCUT2D eigenvalue weighted by Gasteiger charge is -2.53. The van der Waals surface area contributed by atoms with Gasteiger partial charge < -0.3 is 14.9 Å². The van der Waals surface area contributed by atoms with Crippen LogP contribution in [-0.4, -0.2) is 59.5 Å². The lowest BCUT2D eigenvalue weighted by molar-refractivity contribution is -0.152. The van der Waals surface area contributed by atoms with Crippen molar-refractivity contribution in [1.29, 1.82) is 5.26 Å². The maximum Gasteiger partial charge on any atom is 0.253 e. The zero-order valence-corrected chi connectivity index (χ0v) is 19.3. The summed E-state index contributed by atoms with van der Waals surface area (Å²) >= 11 is 0. The van der Waals surface area contributed by atoms with E-state index in [1.54, 1.807) is 36.0 Å². The first-order valence-corrected chi connectivity index (χ1v) is 11.7. The fourth-order valence-corrected chi connectivity index (χ4v) is 5.34. The molecule has 4 rings (SSSR count). The molecule has 1 saturated heterocycles. The molecule has 0 aromatic heterocycles. The number of carbonyl (C=O) groups is 2. The van der Waals surface area contributed by atoms with Crippen LogP contribution in [0, 0.1) is 17.2 Å². The van der Waals surface area contributed by atoms with Gasteiger partial charge in [-0.15, -0.1) is 0 Å². The minimum atomic E-state index is -0.590. The van der Waals surface area contributed by atoms with Gasteiger partial charge in [0.1, 0.15) is 6.04 Å². The summed E-state index contributed by atoms with van der Waals surface area (Å²) in [5, 5.41) is 20.2. The monoisotopic (exact) mass is 445 g/mol. The average Bonchev–Trinajstić information content (AvgIpc) is 2.84. The molecule has 172 valence electrons. The van der Waals surface area contributed by atoms with Gasteiger partial charge in [-0.3, -0.25) is 9.59 Å². The van der Waals surface area contributed by atoms with Gasteiger partial charge in [-0.25, -0.2) is 0 Å². The molecule has 2 aromatic rings. The average molecular weight is 446 g/mol. The van der Waals surface area contributed by atoms with E-state index in [0.717, 1.165) is 48.8 Å². The lowest BCUT2D eigenvalue weighted by Crippen LogP contribution is -2.66. The molecule has 1 N–H and O–H groups in total. The van der Waals surface area contributed by atoms with E-state index in [0.29, 0.717) is 5.56 Å². The number of carbonyl (C=O) groups excluding carboxylic acids is 2. The number of benzene rings is 2. The normalized spacial score (nSPS) is 22.8. The van der Waals surface area contributed by atoms with E-state index in [9.17, 15) is 20.0 Å². The summed E-state index contributed by atoms with van der Waals surface area (Å²) < 4.78 is 0. The van der Waals surface area contributed by atoms with Crippen LogP contribution in [0.25, 0.3) is 11.1 Å². The van der Waals surface area contributed by atoms with Crippen LogP contribution < -0.4 is 0 Å². The highest BCUT2D eigenvalue weighted by Crippen LogP contribution is 2.45. The largest absolute Gasteiger partial charge is 0.394 e. The predicted molar refractivity (Wildman–Crippen MR) is 126 cm³/mol. The first kappa shape index (κ1) is 23.0. The molecule has 1 aliphatic carbocycles. The SMILES string of the molecule is CN(C)C(=O)c1ccc(-c2ccccc2[C@@H]2[C@@H](CO)N(C(=O)C3CCCCC3)[C@H]2C#N)cc1. The highest BCUT2D eigenvalue weighted by atomic mass is 16.3. The van der Waals surface area contributed by atoms with Crippen LogP contribution in [-0.2, 0) is 4.79 Å². The van der Waals surface area contributed by atoms with Gasteiger partial charge in [-0.1, -0.05) is 55.7 Å². The van der Waals surface area contributed by atoms with Gasteiger partial charge in [0.05, 0.1) is 18.7 Å². The number of nitriles is 1. The van der Waals surface area contributed by atoms with Crippen LogP contribution in [0.5, 0.6) is 0 Å². The van der Waals surface area contributed by atoms with E-state index >= 15 is 0 Å². The summed E-state index contributed by atoms with van der Waals surface area (Å²) in [7, 11) is 3.44. The summed E-state index contributed by atoms with van der Waals surface area (Å²) in [5.74, 6) is -0.343. The van der Waals surface area contributed by atoms with Gasteiger partial charge >= 0.3 is 0 Å². The first-order chi connectivity index (χ1) is 16.0. The third kappa shape index (κ3) is 4.26. The second-order valence-electron chi connectivity index (χ2n) is 9.29. The topological polar surface area (TPSA) is 84.6 Å². The van der Waals surface area contributed by atoms with Crippen molar-refractivity contribution in [3.05, 3.63) is 59.7 Å². The molecule has 1 aliphatic heterocycles. The number of likely N-dealkylation sites (tertiary alicyclic amines) is 1. The van der Waals surface area contributed by atoms with Gasteiger partial charge in [0.25, 0.3) is 5.91 Å². The zero-order chi connectivity index (χ0) is 23.5. The Hall–Kier alpha value is -3.17. The van der Waals surface area contributed by atoms with Crippen LogP contribution in [0.3, 0.4) is 0 Å². The molecule has 1 heterocycles. The molecule has 1 saturated carbocycles. The van der Waals surface area contributed by atoms with E-state index in [1.165, 1.54) is 0 Å². The van der Waals surface area contributed by atoms with E-state index < -0.39 is 12.1 Å². The Bertz CT molecular complexity index is 1050. The Kier molecular flexibility index (Phi) is 6.80. The summed E-state index contributed by atoms with van der Waals surface area (Å²) in [5.41, 5.74) is 3.45. The molecule has 2 fully saturated rings. The van der Waals surface area contributed by atoms with E-state index in [-0.39, 0.29) is 30.3 Å². The number of hydrogen-bond donors (Lipinski definition) is 1. The second-order valence-corrected chi connectivity index (χ2v) is 9.29. The molecular formula is C27H31N3O3. The fraction of sp³-hybridized carbons (Fsp3) is 0.444. The Labute approximate surface area is 195 Å². The first-order valence-electron chi connectivity index (χ1n) is 11.7. The molecule has 2 aliphatic rings. The fourth-order valence-electron chi connectivity index (χ4n) is 5.34. The molecule has 3 atom stereocenters. The predicted octanol–water partition coefficient (Wildman–Crippen LogP) is 3.81.